The first-order valence-electron chi connectivity index (χ1n) is 8.22. The Labute approximate surface area is 157 Å². The lowest BCUT2D eigenvalue weighted by Gasteiger charge is -2.21. The number of hydrogen-bond acceptors (Lipinski definition) is 7. The fourth-order valence-corrected chi connectivity index (χ4v) is 2.64. The van der Waals surface area contributed by atoms with Gasteiger partial charge in [0.25, 0.3) is 0 Å². The van der Waals surface area contributed by atoms with Gasteiger partial charge in [0, 0.05) is 6.20 Å². The molecule has 1 aliphatic heterocycles. The van der Waals surface area contributed by atoms with Crippen LogP contribution in [-0.4, -0.2) is 50.6 Å². The predicted molar refractivity (Wildman–Crippen MR) is 90.7 cm³/mol. The Balaban J connectivity index is 1.67. The van der Waals surface area contributed by atoms with Crippen LogP contribution in [0.2, 0.25) is 0 Å². The fourth-order valence-electron chi connectivity index (χ4n) is 2.64. The first-order chi connectivity index (χ1) is 13.3. The third-order valence-electron chi connectivity index (χ3n) is 4.08. The Hall–Kier alpha value is -2.89. The number of benzene rings is 1. The van der Waals surface area contributed by atoms with Gasteiger partial charge in [0.15, 0.2) is 6.10 Å². The van der Waals surface area contributed by atoms with E-state index in [9.17, 15) is 23.5 Å². The van der Waals surface area contributed by atoms with Crippen molar-refractivity contribution in [2.75, 3.05) is 11.9 Å². The number of nitrogens with zero attached hydrogens (tertiary/aromatic N) is 2. The Morgan fingerprint density at radius 3 is 2.64 bits per heavy atom. The molecule has 11 heteroatoms. The number of aliphatic hydroxyl groups is 2. The largest absolute Gasteiger partial charge is 0.444 e. The maximum Gasteiger partial charge on any atom is 0.413 e. The molecular weight excluding hydrogens is 380 g/mol. The summed E-state index contributed by atoms with van der Waals surface area (Å²) in [6.07, 6.45) is -5.91. The lowest BCUT2D eigenvalue weighted by molar-refractivity contribution is -0.140. The van der Waals surface area contributed by atoms with Crippen molar-refractivity contribution in [2.24, 2.45) is 0 Å². The molecule has 1 aliphatic rings. The van der Waals surface area contributed by atoms with Crippen molar-refractivity contribution in [2.45, 2.75) is 31.0 Å². The number of aromatic nitrogens is 2. The van der Waals surface area contributed by atoms with E-state index in [1.165, 1.54) is 0 Å². The van der Waals surface area contributed by atoms with E-state index in [-0.39, 0.29) is 12.4 Å². The van der Waals surface area contributed by atoms with Crippen molar-refractivity contribution in [3.05, 3.63) is 58.6 Å². The molecule has 1 saturated heterocycles. The Kier molecular flexibility index (Phi) is 5.68. The van der Waals surface area contributed by atoms with Gasteiger partial charge < -0.3 is 19.7 Å². The molecule has 150 valence electrons. The van der Waals surface area contributed by atoms with Gasteiger partial charge in [-0.1, -0.05) is 30.3 Å². The van der Waals surface area contributed by atoms with Gasteiger partial charge in [-0.2, -0.15) is 13.8 Å². The van der Waals surface area contributed by atoms with E-state index in [0.29, 0.717) is 4.57 Å². The molecule has 9 nitrogen and oxygen atoms in total. The molecule has 0 bridgehead atoms. The highest BCUT2D eigenvalue weighted by molar-refractivity contribution is 5.83. The first-order valence-corrected chi connectivity index (χ1v) is 8.22. The van der Waals surface area contributed by atoms with Crippen LogP contribution in [0.4, 0.5) is 19.4 Å². The van der Waals surface area contributed by atoms with Crippen LogP contribution in [0.15, 0.2) is 47.4 Å². The first kappa shape index (κ1) is 19.9. The average molecular weight is 397 g/mol. The van der Waals surface area contributed by atoms with Crippen LogP contribution in [-0.2, 0) is 16.1 Å². The second-order valence-corrected chi connectivity index (χ2v) is 6.02. The number of ether oxygens (including phenoxy) is 2. The number of nitrogens with one attached hydrogen (secondary N) is 1. The summed E-state index contributed by atoms with van der Waals surface area (Å²) in [5, 5.41) is 20.7. The SMILES string of the molecule is O=C(Nc1ccn([C@@H]2O[C@H](CO)[C@H](O)C2(F)F)c(=O)n1)OCc1ccccc1. The van der Waals surface area contributed by atoms with Gasteiger partial charge in [-0.25, -0.2) is 9.59 Å². The Morgan fingerprint density at radius 1 is 1.32 bits per heavy atom. The number of hydrogen-bond donors (Lipinski definition) is 3. The molecule has 3 rings (SSSR count). The van der Waals surface area contributed by atoms with Gasteiger partial charge in [0.05, 0.1) is 6.61 Å². The van der Waals surface area contributed by atoms with Crippen molar-refractivity contribution < 1.29 is 33.3 Å². The van der Waals surface area contributed by atoms with Gasteiger partial charge in [-0.15, -0.1) is 0 Å². The van der Waals surface area contributed by atoms with Crippen LogP contribution < -0.4 is 11.0 Å². The molecule has 1 aromatic carbocycles. The van der Waals surface area contributed by atoms with E-state index in [2.05, 4.69) is 10.3 Å². The van der Waals surface area contributed by atoms with Crippen molar-refractivity contribution in [3.63, 3.8) is 0 Å². The van der Waals surface area contributed by atoms with Gasteiger partial charge in [0.1, 0.15) is 18.5 Å². The minimum atomic E-state index is -3.82. The van der Waals surface area contributed by atoms with E-state index >= 15 is 0 Å². The zero-order chi connectivity index (χ0) is 20.3. The standard InChI is InChI=1S/C17H17F2N3O6/c18-17(19)13(24)11(8-23)28-14(17)22-7-6-12(20-15(22)25)21-16(26)27-9-10-4-2-1-3-5-10/h1-7,11,13-14,23-24H,8-9H2,(H,20,21,25,26)/t11-,13+,14-/m1/s1. The Bertz CT molecular complexity index is 892. The number of alkyl halides is 2. The molecule has 0 spiro atoms. The summed E-state index contributed by atoms with van der Waals surface area (Å²) in [5.74, 6) is -4.03. The minimum absolute atomic E-state index is 0.00763. The van der Waals surface area contributed by atoms with Gasteiger partial charge in [0.2, 0.25) is 6.23 Å². The average Bonchev–Trinajstić information content (AvgIpc) is 2.90. The van der Waals surface area contributed by atoms with Crippen molar-refractivity contribution in [3.8, 4) is 0 Å². The van der Waals surface area contributed by atoms with Crippen molar-refractivity contribution in [1.29, 1.82) is 0 Å². The van der Waals surface area contributed by atoms with E-state index < -0.39 is 42.7 Å². The molecular formula is C17H17F2N3O6. The van der Waals surface area contributed by atoms with E-state index in [1.807, 2.05) is 6.07 Å². The molecule has 2 aromatic rings. The number of carbonyl (C=O) groups excluding carboxylic acids is 1. The van der Waals surface area contributed by atoms with E-state index in [0.717, 1.165) is 17.8 Å². The molecule has 0 saturated carbocycles. The van der Waals surface area contributed by atoms with Crippen LogP contribution in [0.5, 0.6) is 0 Å². The summed E-state index contributed by atoms with van der Waals surface area (Å²) in [6.45, 7) is -0.853. The predicted octanol–water partition coefficient (Wildman–Crippen LogP) is 0.878. The normalized spacial score (nSPS) is 23.4. The van der Waals surface area contributed by atoms with Crippen LogP contribution >= 0.6 is 0 Å². The van der Waals surface area contributed by atoms with Crippen LogP contribution in [0.25, 0.3) is 0 Å². The molecule has 2 heterocycles. The van der Waals surface area contributed by atoms with Crippen LogP contribution in [0, 0.1) is 0 Å². The summed E-state index contributed by atoms with van der Waals surface area (Å²) in [6, 6.07) is 9.96. The quantitative estimate of drug-likeness (QED) is 0.684. The molecule has 0 aliphatic carbocycles. The summed E-state index contributed by atoms with van der Waals surface area (Å²) in [4.78, 5) is 27.4. The molecule has 28 heavy (non-hydrogen) atoms. The van der Waals surface area contributed by atoms with Crippen molar-refractivity contribution >= 4 is 11.9 Å². The summed E-state index contributed by atoms with van der Waals surface area (Å²) in [5.41, 5.74) is -0.394. The maximum atomic E-state index is 14.1. The van der Waals surface area contributed by atoms with Crippen LogP contribution in [0.3, 0.4) is 0 Å². The summed E-state index contributed by atoms with van der Waals surface area (Å²) >= 11 is 0. The van der Waals surface area contributed by atoms with Crippen LogP contribution in [0.1, 0.15) is 11.8 Å². The lowest BCUT2D eigenvalue weighted by atomic mass is 10.1. The fraction of sp³-hybridized carbons (Fsp3) is 0.353. The molecule has 3 atom stereocenters. The zero-order valence-electron chi connectivity index (χ0n) is 14.4. The van der Waals surface area contributed by atoms with E-state index in [1.54, 1.807) is 24.3 Å². The molecule has 3 N–H and O–H groups in total. The lowest BCUT2D eigenvalue weighted by Crippen LogP contribution is -2.41. The highest BCUT2D eigenvalue weighted by Gasteiger charge is 2.59. The third kappa shape index (κ3) is 4.01. The van der Waals surface area contributed by atoms with Gasteiger partial charge in [-0.05, 0) is 11.6 Å². The second kappa shape index (κ2) is 8.00. The monoisotopic (exact) mass is 397 g/mol. The number of amides is 1. The smallest absolute Gasteiger partial charge is 0.413 e. The zero-order valence-corrected chi connectivity index (χ0v) is 14.4. The van der Waals surface area contributed by atoms with E-state index in [4.69, 9.17) is 14.6 Å². The third-order valence-corrected chi connectivity index (χ3v) is 4.08. The molecule has 0 unspecified atom stereocenters. The summed E-state index contributed by atoms with van der Waals surface area (Å²) in [7, 11) is 0. The minimum Gasteiger partial charge on any atom is -0.444 e. The highest BCUT2D eigenvalue weighted by Crippen LogP contribution is 2.41. The maximum absolute atomic E-state index is 14.1. The second-order valence-electron chi connectivity index (χ2n) is 6.02. The number of halogens is 2. The number of carbonyl (C=O) groups is 1. The topological polar surface area (TPSA) is 123 Å². The van der Waals surface area contributed by atoms with Gasteiger partial charge in [-0.3, -0.25) is 9.88 Å². The number of anilines is 1. The van der Waals surface area contributed by atoms with Crippen molar-refractivity contribution in [1.82, 2.24) is 9.55 Å². The number of aliphatic hydroxyl groups excluding tert-OH is 2. The Morgan fingerprint density at radius 2 is 2.04 bits per heavy atom. The molecule has 1 fully saturated rings. The molecule has 1 aromatic heterocycles. The van der Waals surface area contributed by atoms with Gasteiger partial charge >= 0.3 is 17.7 Å². The molecule has 0 radical (unpaired) electrons. The molecule has 1 amide bonds. The number of rotatable bonds is 5. The highest BCUT2D eigenvalue weighted by atomic mass is 19.3. The summed E-state index contributed by atoms with van der Waals surface area (Å²) < 4.78 is 38.5.